The molecule has 2 N–H and O–H groups in total. The highest BCUT2D eigenvalue weighted by molar-refractivity contribution is 5.95. The van der Waals surface area contributed by atoms with Crippen LogP contribution in [0.5, 0.6) is 0 Å². The van der Waals surface area contributed by atoms with Crippen molar-refractivity contribution in [3.8, 4) is 0 Å². The van der Waals surface area contributed by atoms with Crippen LogP contribution >= 0.6 is 0 Å². The van der Waals surface area contributed by atoms with Crippen LogP contribution in [0, 0.1) is 35.5 Å². The molecule has 0 saturated heterocycles. The lowest BCUT2D eigenvalue weighted by Crippen LogP contribution is -2.60. The van der Waals surface area contributed by atoms with Crippen LogP contribution in [-0.4, -0.2) is 32.9 Å². The first-order chi connectivity index (χ1) is 15.4. The fraction of sp³-hybridized carbons (Fsp3) is 0.769. The van der Waals surface area contributed by atoms with Crippen LogP contribution in [0.3, 0.4) is 0 Å². The number of carbonyl (C=O) groups is 2. The average molecular weight is 435 g/mol. The van der Waals surface area contributed by atoms with Crippen LogP contribution in [0.4, 0.5) is 0 Å². The van der Waals surface area contributed by atoms with Gasteiger partial charge in [0.1, 0.15) is 11.4 Å². The molecule has 170 valence electrons. The summed E-state index contributed by atoms with van der Waals surface area (Å²) in [5, 5.41) is 6.70. The smallest absolute Gasteiger partial charge is 0.271 e. The second-order valence-corrected chi connectivity index (χ2v) is 12.6. The van der Waals surface area contributed by atoms with E-state index in [1.165, 1.54) is 50.9 Å². The van der Waals surface area contributed by atoms with E-state index in [2.05, 4.69) is 20.6 Å². The van der Waals surface area contributed by atoms with Crippen molar-refractivity contribution in [2.45, 2.75) is 88.1 Å². The predicted octanol–water partition coefficient (Wildman–Crippen LogP) is 3.87. The standard InChI is InChI=1S/C26H34N4O2/c31-23(29-25-7-15-1-16(8-25)3-17(2-15)9-25)21-13-28-22(14-27-21)24(32)30-26-10-18-4-19(11-26)6-20(5-18)12-26/h13-20H,1-12H2,(H,29,31)(H,30,32). The van der Waals surface area contributed by atoms with Gasteiger partial charge in [-0.05, 0) is 113 Å². The van der Waals surface area contributed by atoms with Crippen LogP contribution < -0.4 is 10.6 Å². The van der Waals surface area contributed by atoms with E-state index < -0.39 is 0 Å². The molecule has 9 rings (SSSR count). The van der Waals surface area contributed by atoms with Crippen molar-refractivity contribution < 1.29 is 9.59 Å². The molecule has 0 spiro atoms. The molecule has 0 radical (unpaired) electrons. The molecular formula is C26H34N4O2. The molecular weight excluding hydrogens is 400 g/mol. The first-order valence-corrected chi connectivity index (χ1v) is 12.9. The van der Waals surface area contributed by atoms with Crippen LogP contribution in [-0.2, 0) is 0 Å². The number of aromatic nitrogens is 2. The van der Waals surface area contributed by atoms with Crippen molar-refractivity contribution in [3.63, 3.8) is 0 Å². The van der Waals surface area contributed by atoms with Crippen molar-refractivity contribution in [1.82, 2.24) is 20.6 Å². The third kappa shape index (κ3) is 3.19. The van der Waals surface area contributed by atoms with Crippen LogP contribution in [0.1, 0.15) is 98.0 Å². The largest absolute Gasteiger partial charge is 0.345 e. The summed E-state index contributed by atoms with van der Waals surface area (Å²) < 4.78 is 0. The van der Waals surface area contributed by atoms with E-state index in [0.717, 1.165) is 74.0 Å². The number of nitrogens with one attached hydrogen (secondary N) is 2. The summed E-state index contributed by atoms with van der Waals surface area (Å²) in [7, 11) is 0. The van der Waals surface area contributed by atoms with Gasteiger partial charge >= 0.3 is 0 Å². The first-order valence-electron chi connectivity index (χ1n) is 12.9. The monoisotopic (exact) mass is 434 g/mol. The van der Waals surface area contributed by atoms with E-state index in [0.29, 0.717) is 11.4 Å². The summed E-state index contributed by atoms with van der Waals surface area (Å²) in [4.78, 5) is 34.7. The minimum absolute atomic E-state index is 0.0396. The molecule has 8 aliphatic carbocycles. The van der Waals surface area contributed by atoms with Crippen LogP contribution in [0.15, 0.2) is 12.4 Å². The molecule has 0 unspecified atom stereocenters. The van der Waals surface area contributed by atoms with Gasteiger partial charge in [0, 0.05) is 11.1 Å². The molecule has 1 heterocycles. The maximum Gasteiger partial charge on any atom is 0.271 e. The summed E-state index contributed by atoms with van der Waals surface area (Å²) in [6.07, 6.45) is 17.8. The highest BCUT2D eigenvalue weighted by Gasteiger charge is 2.52. The number of carbonyl (C=O) groups excluding carboxylic acids is 2. The topological polar surface area (TPSA) is 84.0 Å². The van der Waals surface area contributed by atoms with E-state index in [1.807, 2.05) is 0 Å². The highest BCUT2D eigenvalue weighted by Crippen LogP contribution is 2.56. The number of nitrogens with zero attached hydrogens (tertiary/aromatic N) is 2. The molecule has 8 aliphatic rings. The zero-order valence-corrected chi connectivity index (χ0v) is 18.8. The minimum Gasteiger partial charge on any atom is -0.345 e. The number of hydrogen-bond donors (Lipinski definition) is 2. The Balaban J connectivity index is 1.03. The summed E-state index contributed by atoms with van der Waals surface area (Å²) in [5.74, 6) is 4.42. The second-order valence-electron chi connectivity index (χ2n) is 12.6. The van der Waals surface area contributed by atoms with Gasteiger partial charge in [-0.15, -0.1) is 0 Å². The van der Waals surface area contributed by atoms with Crippen LogP contribution in [0.2, 0.25) is 0 Å². The van der Waals surface area contributed by atoms with Crippen LogP contribution in [0.25, 0.3) is 0 Å². The first kappa shape index (κ1) is 19.5. The van der Waals surface area contributed by atoms with Gasteiger partial charge in [-0.25, -0.2) is 9.97 Å². The van der Waals surface area contributed by atoms with E-state index in [-0.39, 0.29) is 22.9 Å². The number of hydrogen-bond acceptors (Lipinski definition) is 4. The summed E-state index contributed by atoms with van der Waals surface area (Å²) in [6, 6.07) is 0. The number of rotatable bonds is 4. The maximum atomic E-state index is 13.0. The Bertz CT molecular complexity index is 808. The van der Waals surface area contributed by atoms with E-state index in [1.54, 1.807) is 0 Å². The van der Waals surface area contributed by atoms with Gasteiger partial charge in [-0.3, -0.25) is 9.59 Å². The highest BCUT2D eigenvalue weighted by atomic mass is 16.2. The Morgan fingerprint density at radius 2 is 0.875 bits per heavy atom. The Morgan fingerprint density at radius 1 is 0.594 bits per heavy atom. The molecule has 2 amide bonds. The molecule has 8 bridgehead atoms. The molecule has 32 heavy (non-hydrogen) atoms. The summed E-state index contributed by atoms with van der Waals surface area (Å²) in [6.45, 7) is 0. The molecule has 8 fully saturated rings. The SMILES string of the molecule is O=C(NC12CC3CC(CC(C3)C1)C2)c1cnc(C(=O)NC23CC4CC(CC(C4)C2)C3)cn1. The zero-order chi connectivity index (χ0) is 21.5. The second kappa shape index (κ2) is 6.77. The molecule has 0 aliphatic heterocycles. The van der Waals surface area contributed by atoms with E-state index in [9.17, 15) is 9.59 Å². The lowest BCUT2D eigenvalue weighted by atomic mass is 9.53. The lowest BCUT2D eigenvalue weighted by molar-refractivity contribution is -0.0173. The van der Waals surface area contributed by atoms with E-state index in [4.69, 9.17) is 0 Å². The Morgan fingerprint density at radius 3 is 1.12 bits per heavy atom. The van der Waals surface area contributed by atoms with Gasteiger partial charge in [0.25, 0.3) is 11.8 Å². The minimum atomic E-state index is -0.132. The van der Waals surface area contributed by atoms with Crippen molar-refractivity contribution in [3.05, 3.63) is 23.8 Å². The molecule has 0 atom stereocenters. The fourth-order valence-corrected chi connectivity index (χ4v) is 9.70. The molecule has 6 nitrogen and oxygen atoms in total. The third-order valence-electron chi connectivity index (χ3n) is 9.95. The van der Waals surface area contributed by atoms with Gasteiger partial charge in [0.05, 0.1) is 12.4 Å². The van der Waals surface area contributed by atoms with Crippen molar-refractivity contribution in [2.75, 3.05) is 0 Å². The van der Waals surface area contributed by atoms with Crippen molar-refractivity contribution in [1.29, 1.82) is 0 Å². The van der Waals surface area contributed by atoms with Gasteiger partial charge in [0.15, 0.2) is 0 Å². The molecule has 6 heteroatoms. The fourth-order valence-electron chi connectivity index (χ4n) is 9.70. The Kier molecular flexibility index (Phi) is 4.12. The summed E-state index contributed by atoms with van der Waals surface area (Å²) in [5.41, 5.74) is 0.573. The number of amides is 2. The zero-order valence-electron chi connectivity index (χ0n) is 18.8. The normalized spacial score (nSPS) is 45.1. The quantitative estimate of drug-likeness (QED) is 0.753. The molecule has 1 aromatic heterocycles. The summed E-state index contributed by atoms with van der Waals surface area (Å²) >= 11 is 0. The molecule has 0 aromatic carbocycles. The van der Waals surface area contributed by atoms with Gasteiger partial charge in [0.2, 0.25) is 0 Å². The maximum absolute atomic E-state index is 13.0. The van der Waals surface area contributed by atoms with Gasteiger partial charge < -0.3 is 10.6 Å². The lowest BCUT2D eigenvalue weighted by Gasteiger charge is -2.56. The molecule has 8 saturated carbocycles. The Hall–Kier alpha value is -1.98. The van der Waals surface area contributed by atoms with Gasteiger partial charge in [-0.2, -0.15) is 0 Å². The van der Waals surface area contributed by atoms with Gasteiger partial charge in [-0.1, -0.05) is 0 Å². The van der Waals surface area contributed by atoms with E-state index >= 15 is 0 Å². The molecule has 1 aromatic rings. The predicted molar refractivity (Wildman–Crippen MR) is 119 cm³/mol. The third-order valence-corrected chi connectivity index (χ3v) is 9.95. The Labute approximate surface area is 189 Å². The average Bonchev–Trinajstić information content (AvgIpc) is 2.71. The van der Waals surface area contributed by atoms with Crippen molar-refractivity contribution in [2.24, 2.45) is 35.5 Å². The van der Waals surface area contributed by atoms with Crippen molar-refractivity contribution >= 4 is 11.8 Å².